The lowest BCUT2D eigenvalue weighted by Gasteiger charge is -2.40. The summed E-state index contributed by atoms with van der Waals surface area (Å²) in [5, 5.41) is 25.1. The van der Waals surface area contributed by atoms with E-state index in [1.807, 2.05) is 38.7 Å². The lowest BCUT2D eigenvalue weighted by atomic mass is 9.85. The molecule has 0 amide bonds. The number of aryl methyl sites for hydroxylation is 2. The Kier molecular flexibility index (Phi) is 12.2. The van der Waals surface area contributed by atoms with Crippen LogP contribution in [-0.2, 0) is 18.3 Å². The molecule has 8 rings (SSSR count). The van der Waals surface area contributed by atoms with E-state index >= 15 is 0 Å². The summed E-state index contributed by atoms with van der Waals surface area (Å²) in [5.41, 5.74) is 7.78. The zero-order chi connectivity index (χ0) is 38.7. The van der Waals surface area contributed by atoms with Crippen molar-refractivity contribution in [3.05, 3.63) is 64.8 Å². The molecule has 10 nitrogen and oxygen atoms in total. The van der Waals surface area contributed by atoms with E-state index in [-0.39, 0.29) is 12.5 Å². The molecule has 290 valence electrons. The minimum atomic E-state index is -0.825. The number of anilines is 1. The Hall–Kier alpha value is -4.19. The summed E-state index contributed by atoms with van der Waals surface area (Å²) in [6, 6.07) is 13.1. The van der Waals surface area contributed by atoms with Gasteiger partial charge in [0.25, 0.3) is 0 Å². The van der Waals surface area contributed by atoms with Gasteiger partial charge in [-0.15, -0.1) is 0 Å². The number of ether oxygens (including phenoxy) is 2. The number of likely N-dealkylation sites (N-methyl/N-ethyl adjacent to an activating group) is 1. The third-order valence-corrected chi connectivity index (χ3v) is 11.6. The van der Waals surface area contributed by atoms with Gasteiger partial charge in [-0.3, -0.25) is 14.4 Å². The molecule has 11 heteroatoms. The Balaban J connectivity index is 0.000000659. The predicted octanol–water partition coefficient (Wildman–Crippen LogP) is 8.90. The molecular formula is C43H57N5O5S. The van der Waals surface area contributed by atoms with Gasteiger partial charge < -0.3 is 24.6 Å². The minimum Gasteiger partial charge on any atom is -0.493 e. The molecule has 0 radical (unpaired) electrons. The second-order valence-electron chi connectivity index (χ2n) is 15.5. The van der Waals surface area contributed by atoms with Crippen LogP contribution >= 0.6 is 11.3 Å². The molecular weight excluding hydrogens is 699 g/mol. The highest BCUT2D eigenvalue weighted by Gasteiger charge is 2.32. The maximum Gasteiger partial charge on any atom is 0.307 e. The first kappa shape index (κ1) is 39.5. The monoisotopic (exact) mass is 755 g/mol. The van der Waals surface area contributed by atoms with Crippen LogP contribution in [0.25, 0.3) is 32.2 Å². The average molecular weight is 756 g/mol. The van der Waals surface area contributed by atoms with Crippen molar-refractivity contribution in [1.29, 1.82) is 0 Å². The van der Waals surface area contributed by atoms with Crippen molar-refractivity contribution in [2.75, 3.05) is 44.8 Å². The molecule has 1 fully saturated rings. The van der Waals surface area contributed by atoms with Gasteiger partial charge in [-0.1, -0.05) is 50.2 Å². The number of nitrogens with zero attached hydrogens (tertiary/aromatic N) is 5. The summed E-state index contributed by atoms with van der Waals surface area (Å²) in [6.45, 7) is 15.1. The van der Waals surface area contributed by atoms with Crippen LogP contribution in [0.1, 0.15) is 101 Å². The van der Waals surface area contributed by atoms with E-state index in [1.54, 1.807) is 32.1 Å². The smallest absolute Gasteiger partial charge is 0.307 e. The maximum atomic E-state index is 12.2. The van der Waals surface area contributed by atoms with Crippen LogP contribution in [-0.4, -0.2) is 81.3 Å². The van der Waals surface area contributed by atoms with Gasteiger partial charge in [0.2, 0.25) is 0 Å². The molecule has 0 spiro atoms. The van der Waals surface area contributed by atoms with Crippen LogP contribution < -0.4 is 14.4 Å². The van der Waals surface area contributed by atoms with Crippen molar-refractivity contribution in [3.63, 3.8) is 0 Å². The summed E-state index contributed by atoms with van der Waals surface area (Å²) in [5.74, 6) is 1.47. The Bertz CT molecular complexity index is 2090. The number of aromatic nitrogens is 3. The molecule has 0 aliphatic carbocycles. The molecule has 0 saturated carbocycles. The molecule has 5 aromatic rings. The van der Waals surface area contributed by atoms with Crippen LogP contribution in [0.15, 0.2) is 42.6 Å². The number of thiazole rings is 1. The Labute approximate surface area is 323 Å². The number of piperazine rings is 1. The van der Waals surface area contributed by atoms with Gasteiger partial charge in [0.05, 0.1) is 58.6 Å². The number of carboxylic acids is 1. The maximum absolute atomic E-state index is 12.2. The molecule has 54 heavy (non-hydrogen) atoms. The number of rotatable bonds is 2. The van der Waals surface area contributed by atoms with Gasteiger partial charge in [0.1, 0.15) is 11.5 Å². The third kappa shape index (κ3) is 8.53. The molecule has 2 unspecified atom stereocenters. The first-order valence-electron chi connectivity index (χ1n) is 19.5. The van der Waals surface area contributed by atoms with Gasteiger partial charge in [-0.2, -0.15) is 5.10 Å². The molecule has 6 bridgehead atoms. The molecule has 3 aromatic carbocycles. The number of aliphatic carboxylic acids is 1. The summed E-state index contributed by atoms with van der Waals surface area (Å²) in [6.07, 6.45) is 7.16. The summed E-state index contributed by atoms with van der Waals surface area (Å²) in [4.78, 5) is 22.2. The lowest BCUT2D eigenvalue weighted by Crippen LogP contribution is -2.46. The van der Waals surface area contributed by atoms with Gasteiger partial charge in [-0.05, 0) is 106 Å². The normalized spacial score (nSPS) is 18.9. The van der Waals surface area contributed by atoms with Crippen LogP contribution in [0.2, 0.25) is 0 Å². The molecule has 2 aromatic heterocycles. The van der Waals surface area contributed by atoms with Crippen LogP contribution in [0.4, 0.5) is 5.13 Å². The van der Waals surface area contributed by atoms with E-state index in [1.165, 1.54) is 11.1 Å². The Morgan fingerprint density at radius 1 is 0.981 bits per heavy atom. The average Bonchev–Trinajstić information content (AvgIpc) is 3.73. The highest BCUT2D eigenvalue weighted by molar-refractivity contribution is 7.22. The van der Waals surface area contributed by atoms with Crippen LogP contribution in [0, 0.1) is 6.92 Å². The van der Waals surface area contributed by atoms with E-state index in [4.69, 9.17) is 19.6 Å². The fourth-order valence-corrected chi connectivity index (χ4v) is 9.01. The first-order chi connectivity index (χ1) is 25.9. The van der Waals surface area contributed by atoms with E-state index in [2.05, 4.69) is 58.3 Å². The van der Waals surface area contributed by atoms with Gasteiger partial charge >= 0.3 is 5.97 Å². The largest absolute Gasteiger partial charge is 0.493 e. The third-order valence-electron chi connectivity index (χ3n) is 10.4. The van der Waals surface area contributed by atoms with Gasteiger partial charge in [0.15, 0.2) is 5.13 Å². The van der Waals surface area contributed by atoms with Crippen LogP contribution in [0.3, 0.4) is 0 Å². The number of aliphatic hydroxyl groups is 1. The van der Waals surface area contributed by atoms with Crippen molar-refractivity contribution < 1.29 is 24.5 Å². The van der Waals surface area contributed by atoms with Crippen molar-refractivity contribution in [3.8, 4) is 22.6 Å². The molecule has 2 N–H and O–H groups in total. The van der Waals surface area contributed by atoms with E-state index < -0.39 is 11.6 Å². The topological polar surface area (TPSA) is 113 Å². The minimum absolute atomic E-state index is 0.0302. The first-order valence-corrected chi connectivity index (χ1v) is 20.3. The second kappa shape index (κ2) is 16.7. The highest BCUT2D eigenvalue weighted by atomic mass is 32.1. The molecule has 1 saturated heterocycles. The quantitative estimate of drug-likeness (QED) is 0.182. The highest BCUT2D eigenvalue weighted by Crippen LogP contribution is 2.46. The van der Waals surface area contributed by atoms with Crippen LogP contribution in [0.5, 0.6) is 11.5 Å². The zero-order valence-corrected chi connectivity index (χ0v) is 34.1. The lowest BCUT2D eigenvalue weighted by molar-refractivity contribution is -0.136. The van der Waals surface area contributed by atoms with Gasteiger partial charge in [-0.25, -0.2) is 4.98 Å². The summed E-state index contributed by atoms with van der Waals surface area (Å²) < 4.78 is 15.8. The van der Waals surface area contributed by atoms with Crippen molar-refractivity contribution in [2.24, 2.45) is 7.05 Å². The number of hydrogen-bond acceptors (Lipinski definition) is 9. The molecule has 3 aliphatic heterocycles. The van der Waals surface area contributed by atoms with Crippen molar-refractivity contribution in [2.45, 2.75) is 97.6 Å². The number of carboxylic acid groups (broad SMARTS) is 1. The number of fused-ring (bicyclic) bond motifs is 10. The standard InChI is InChI=1S/C37H41N5O4S.C4H10O.C2H6/c1-22-17-29-36-34(26(22)19-33(43)44)24-8-11-32-27(18-24)23(12-16-45-32)7-5-4-6-15-46-35-25(9-10-30-28(35)20-38-41(30)3)31-21-42(14-13-40(31)2)37(39-29)47-36;1-4(2,3)5;1-2/h8-11,17-18,20,23,31H,4-7,12-16,19,21H2,1-3H3,(H,43,44);5H,1-3H3;1-2H3. The Morgan fingerprint density at radius 3 is 2.52 bits per heavy atom. The zero-order valence-electron chi connectivity index (χ0n) is 33.2. The van der Waals surface area contributed by atoms with Crippen molar-refractivity contribution >= 4 is 43.6 Å². The summed E-state index contributed by atoms with van der Waals surface area (Å²) >= 11 is 1.68. The fourth-order valence-electron chi connectivity index (χ4n) is 7.83. The SMILES string of the molecule is CC.CC(C)(C)O.Cc1cc2nc3sc2c(c1CC(=O)O)-c1ccc2c(c1)C(CCCCCOc1c(ccc4c1cnn4C)C1CN3CCN1C)CCO2. The molecule has 5 heterocycles. The second-order valence-corrected chi connectivity index (χ2v) is 16.5. The molecule has 3 aliphatic rings. The fraction of sp³-hybridized carbons (Fsp3) is 0.512. The number of benzene rings is 3. The predicted molar refractivity (Wildman–Crippen MR) is 220 cm³/mol. The van der Waals surface area contributed by atoms with E-state index in [0.717, 1.165) is 118 Å². The van der Waals surface area contributed by atoms with E-state index in [0.29, 0.717) is 12.5 Å². The summed E-state index contributed by atoms with van der Waals surface area (Å²) in [7, 11) is 4.18. The molecule has 2 atom stereocenters. The van der Waals surface area contributed by atoms with Gasteiger partial charge in [0, 0.05) is 37.8 Å². The number of carbonyl (C=O) groups is 1. The Morgan fingerprint density at radius 2 is 1.76 bits per heavy atom. The van der Waals surface area contributed by atoms with Crippen molar-refractivity contribution in [1.82, 2.24) is 19.7 Å². The van der Waals surface area contributed by atoms with E-state index in [9.17, 15) is 9.90 Å². The number of hydrogen-bond donors (Lipinski definition) is 2.